The third kappa shape index (κ3) is 2.79. The van der Waals surface area contributed by atoms with E-state index in [9.17, 15) is 23.3 Å². The minimum atomic E-state index is -5.03. The fraction of sp³-hybridized carbons (Fsp3) is 0.286. The number of alkyl halides is 3. The molecule has 1 aromatic heterocycles. The average molecular weight is 237 g/mol. The first-order chi connectivity index (χ1) is 7.35. The number of halogens is 3. The summed E-state index contributed by atoms with van der Waals surface area (Å²) in [4.78, 5) is 12.9. The molecular formula is C7H6F3N3O3. The van der Waals surface area contributed by atoms with Gasteiger partial charge < -0.3 is 10.5 Å². The summed E-state index contributed by atoms with van der Waals surface area (Å²) in [7, 11) is 0. The lowest BCUT2D eigenvalue weighted by Crippen LogP contribution is -2.20. The van der Waals surface area contributed by atoms with Crippen LogP contribution in [0.2, 0.25) is 0 Å². The van der Waals surface area contributed by atoms with Crippen LogP contribution in [0.3, 0.4) is 0 Å². The molecule has 0 aliphatic rings. The van der Waals surface area contributed by atoms with E-state index < -0.39 is 29.3 Å². The van der Waals surface area contributed by atoms with Crippen molar-refractivity contribution >= 4 is 5.69 Å². The summed E-state index contributed by atoms with van der Waals surface area (Å²) >= 11 is 0. The molecular weight excluding hydrogens is 231 g/mol. The first-order valence-electron chi connectivity index (χ1n) is 3.93. The molecule has 0 saturated carbocycles. The number of rotatable bonds is 3. The molecule has 0 spiro atoms. The van der Waals surface area contributed by atoms with Gasteiger partial charge in [-0.1, -0.05) is 0 Å². The van der Waals surface area contributed by atoms with Gasteiger partial charge in [-0.3, -0.25) is 15.1 Å². The lowest BCUT2D eigenvalue weighted by atomic mass is 10.3. The first kappa shape index (κ1) is 12.2. The number of nitrogens with two attached hydrogens (primary N) is 1. The second-order valence-corrected chi connectivity index (χ2v) is 2.61. The standard InChI is InChI=1S/C7H6F3N3O3/c8-7(9,10)16-6-4(3-11)12-2-1-5(6)13(14)15/h1-2H,3,11H2. The molecule has 0 aromatic carbocycles. The molecule has 0 saturated heterocycles. The molecule has 0 bridgehead atoms. The van der Waals surface area contributed by atoms with Crippen molar-refractivity contribution in [2.75, 3.05) is 0 Å². The molecule has 0 amide bonds. The minimum Gasteiger partial charge on any atom is -0.396 e. The third-order valence-corrected chi connectivity index (χ3v) is 1.57. The predicted molar refractivity (Wildman–Crippen MR) is 45.5 cm³/mol. The van der Waals surface area contributed by atoms with Gasteiger partial charge in [-0.15, -0.1) is 13.2 Å². The van der Waals surface area contributed by atoms with Crippen LogP contribution in [0.1, 0.15) is 5.69 Å². The zero-order valence-electron chi connectivity index (χ0n) is 7.69. The van der Waals surface area contributed by atoms with Crippen molar-refractivity contribution < 1.29 is 22.8 Å². The second-order valence-electron chi connectivity index (χ2n) is 2.61. The van der Waals surface area contributed by atoms with E-state index in [1.165, 1.54) is 0 Å². The smallest absolute Gasteiger partial charge is 0.396 e. The van der Waals surface area contributed by atoms with Crippen molar-refractivity contribution in [1.29, 1.82) is 0 Å². The van der Waals surface area contributed by atoms with Crippen LogP contribution in [0.4, 0.5) is 18.9 Å². The Bertz CT molecular complexity index is 408. The molecule has 88 valence electrons. The molecule has 2 N–H and O–H groups in total. The Morgan fingerprint density at radius 2 is 2.19 bits per heavy atom. The van der Waals surface area contributed by atoms with Gasteiger partial charge in [0, 0.05) is 18.8 Å². The number of nitro groups is 1. The van der Waals surface area contributed by atoms with Gasteiger partial charge in [0.1, 0.15) is 5.69 Å². The van der Waals surface area contributed by atoms with Crippen molar-refractivity contribution in [2.24, 2.45) is 5.73 Å². The van der Waals surface area contributed by atoms with Gasteiger partial charge in [0.05, 0.1) is 4.92 Å². The molecule has 16 heavy (non-hydrogen) atoms. The van der Waals surface area contributed by atoms with Gasteiger partial charge >= 0.3 is 12.0 Å². The van der Waals surface area contributed by atoms with E-state index in [1.54, 1.807) is 0 Å². The highest BCUT2D eigenvalue weighted by Gasteiger charge is 2.36. The van der Waals surface area contributed by atoms with Crippen LogP contribution in [-0.4, -0.2) is 16.3 Å². The summed E-state index contributed by atoms with van der Waals surface area (Å²) in [6.45, 7) is -0.396. The van der Waals surface area contributed by atoms with Gasteiger partial charge in [0.2, 0.25) is 5.75 Å². The van der Waals surface area contributed by atoms with Crippen LogP contribution in [0.15, 0.2) is 12.3 Å². The van der Waals surface area contributed by atoms with Gasteiger partial charge in [-0.2, -0.15) is 0 Å². The Labute approximate surface area is 87.0 Å². The molecule has 0 aliphatic carbocycles. The highest BCUT2D eigenvalue weighted by molar-refractivity contribution is 5.48. The maximum absolute atomic E-state index is 12.0. The van der Waals surface area contributed by atoms with E-state index in [2.05, 4.69) is 9.72 Å². The number of pyridine rings is 1. The van der Waals surface area contributed by atoms with E-state index in [1.807, 2.05) is 0 Å². The molecule has 0 aliphatic heterocycles. The first-order valence-corrected chi connectivity index (χ1v) is 3.93. The predicted octanol–water partition coefficient (Wildman–Crippen LogP) is 1.35. The summed E-state index contributed by atoms with van der Waals surface area (Å²) in [5.41, 5.74) is 3.95. The Hall–Kier alpha value is -1.90. The van der Waals surface area contributed by atoms with Gasteiger partial charge in [0.15, 0.2) is 0 Å². The lowest BCUT2D eigenvalue weighted by Gasteiger charge is -2.11. The summed E-state index contributed by atoms with van der Waals surface area (Å²) in [6.07, 6.45) is -4.04. The Morgan fingerprint density at radius 3 is 2.62 bits per heavy atom. The zero-order valence-corrected chi connectivity index (χ0v) is 7.69. The van der Waals surface area contributed by atoms with E-state index in [0.717, 1.165) is 12.3 Å². The molecule has 0 atom stereocenters. The molecule has 1 aromatic rings. The molecule has 6 nitrogen and oxygen atoms in total. The molecule has 0 fully saturated rings. The van der Waals surface area contributed by atoms with E-state index >= 15 is 0 Å². The maximum atomic E-state index is 12.0. The van der Waals surface area contributed by atoms with Crippen LogP contribution in [0, 0.1) is 10.1 Å². The summed E-state index contributed by atoms with van der Waals surface area (Å²) in [5.74, 6) is -0.970. The normalized spacial score (nSPS) is 11.2. The van der Waals surface area contributed by atoms with E-state index in [0.29, 0.717) is 0 Å². The Balaban J connectivity index is 3.25. The summed E-state index contributed by atoms with van der Waals surface area (Å²) < 4.78 is 39.5. The number of hydrogen-bond acceptors (Lipinski definition) is 5. The van der Waals surface area contributed by atoms with Gasteiger partial charge in [-0.05, 0) is 0 Å². The largest absolute Gasteiger partial charge is 0.573 e. The molecule has 1 rings (SSSR count). The Kier molecular flexibility index (Phi) is 3.28. The summed E-state index contributed by atoms with van der Waals surface area (Å²) in [6, 6.07) is 0.806. The van der Waals surface area contributed by atoms with Crippen molar-refractivity contribution in [2.45, 2.75) is 12.9 Å². The van der Waals surface area contributed by atoms with Crippen molar-refractivity contribution in [1.82, 2.24) is 4.98 Å². The fourth-order valence-corrected chi connectivity index (χ4v) is 0.996. The number of aromatic nitrogens is 1. The van der Waals surface area contributed by atoms with Crippen LogP contribution < -0.4 is 10.5 Å². The number of ether oxygens (including phenoxy) is 1. The van der Waals surface area contributed by atoms with Crippen LogP contribution >= 0.6 is 0 Å². The molecule has 1 heterocycles. The Morgan fingerprint density at radius 1 is 1.56 bits per heavy atom. The quantitative estimate of drug-likeness (QED) is 0.632. The molecule has 0 unspecified atom stereocenters. The van der Waals surface area contributed by atoms with Crippen molar-refractivity contribution in [3.8, 4) is 5.75 Å². The second kappa shape index (κ2) is 4.31. The maximum Gasteiger partial charge on any atom is 0.573 e. The monoisotopic (exact) mass is 237 g/mol. The topological polar surface area (TPSA) is 91.3 Å². The highest BCUT2D eigenvalue weighted by Crippen LogP contribution is 2.33. The van der Waals surface area contributed by atoms with Crippen LogP contribution in [0.25, 0.3) is 0 Å². The SMILES string of the molecule is NCc1nccc([N+](=O)[O-])c1OC(F)(F)F. The number of hydrogen-bond donors (Lipinski definition) is 1. The van der Waals surface area contributed by atoms with E-state index in [-0.39, 0.29) is 5.69 Å². The fourth-order valence-electron chi connectivity index (χ4n) is 0.996. The van der Waals surface area contributed by atoms with E-state index in [4.69, 9.17) is 5.73 Å². The van der Waals surface area contributed by atoms with Crippen LogP contribution in [-0.2, 0) is 6.54 Å². The zero-order chi connectivity index (χ0) is 12.3. The third-order valence-electron chi connectivity index (χ3n) is 1.57. The minimum absolute atomic E-state index is 0.327. The summed E-state index contributed by atoms with van der Waals surface area (Å²) in [5, 5.41) is 10.5. The van der Waals surface area contributed by atoms with Crippen molar-refractivity contribution in [3.63, 3.8) is 0 Å². The average Bonchev–Trinajstić information content (AvgIpc) is 2.15. The van der Waals surface area contributed by atoms with Crippen molar-refractivity contribution in [3.05, 3.63) is 28.1 Å². The van der Waals surface area contributed by atoms with Gasteiger partial charge in [-0.25, -0.2) is 0 Å². The number of nitrogens with zero attached hydrogens (tertiary/aromatic N) is 2. The van der Waals surface area contributed by atoms with Gasteiger partial charge in [0.25, 0.3) is 0 Å². The lowest BCUT2D eigenvalue weighted by molar-refractivity contribution is -0.388. The molecule has 9 heteroatoms. The van der Waals surface area contributed by atoms with Crippen LogP contribution in [0.5, 0.6) is 5.75 Å². The highest BCUT2D eigenvalue weighted by atomic mass is 19.4. The molecule has 0 radical (unpaired) electrons.